The van der Waals surface area contributed by atoms with Crippen molar-refractivity contribution in [3.8, 4) is 5.75 Å². The quantitative estimate of drug-likeness (QED) is 0.804. The highest BCUT2D eigenvalue weighted by molar-refractivity contribution is 6.30. The molecule has 104 valence electrons. The highest BCUT2D eigenvalue weighted by Gasteiger charge is 2.42. The zero-order chi connectivity index (χ0) is 13.3. The maximum absolute atomic E-state index is 6.23. The van der Waals surface area contributed by atoms with Gasteiger partial charge in [-0.3, -0.25) is 0 Å². The second-order valence-corrected chi connectivity index (χ2v) is 6.44. The molecule has 0 atom stereocenters. The van der Waals surface area contributed by atoms with Gasteiger partial charge in [-0.2, -0.15) is 0 Å². The van der Waals surface area contributed by atoms with E-state index < -0.39 is 0 Å². The van der Waals surface area contributed by atoms with Crippen LogP contribution >= 0.6 is 11.6 Å². The fourth-order valence-corrected chi connectivity index (χ4v) is 3.27. The summed E-state index contributed by atoms with van der Waals surface area (Å²) < 4.78 is 5.80. The second kappa shape index (κ2) is 5.34. The van der Waals surface area contributed by atoms with Gasteiger partial charge in [0.25, 0.3) is 0 Å². The molecule has 1 aromatic carbocycles. The van der Waals surface area contributed by atoms with Crippen LogP contribution in [0.25, 0.3) is 0 Å². The van der Waals surface area contributed by atoms with Crippen molar-refractivity contribution in [1.29, 1.82) is 0 Å². The fourth-order valence-electron chi connectivity index (χ4n) is 3.00. The predicted octanol–water partition coefficient (Wildman–Crippen LogP) is 3.60. The number of benzene rings is 1. The van der Waals surface area contributed by atoms with Crippen LogP contribution < -0.4 is 10.1 Å². The van der Waals surface area contributed by atoms with E-state index in [1.807, 2.05) is 0 Å². The molecule has 2 nitrogen and oxygen atoms in total. The van der Waals surface area contributed by atoms with Crippen molar-refractivity contribution >= 4 is 11.6 Å². The van der Waals surface area contributed by atoms with E-state index in [0.29, 0.717) is 5.41 Å². The van der Waals surface area contributed by atoms with Gasteiger partial charge in [-0.25, -0.2) is 0 Å². The van der Waals surface area contributed by atoms with Crippen LogP contribution in [0.15, 0.2) is 12.1 Å². The van der Waals surface area contributed by atoms with Crippen LogP contribution in [0.5, 0.6) is 5.75 Å². The normalized spacial score (nSPS) is 19.1. The summed E-state index contributed by atoms with van der Waals surface area (Å²) in [4.78, 5) is 0. The minimum Gasteiger partial charge on any atom is -0.493 e. The number of rotatable bonds is 6. The fraction of sp³-hybridized carbons (Fsp3) is 0.625. The Kier molecular flexibility index (Phi) is 3.72. The molecule has 0 radical (unpaired) electrons. The molecular formula is C16H22ClNO. The van der Waals surface area contributed by atoms with E-state index in [1.54, 1.807) is 0 Å². The van der Waals surface area contributed by atoms with Crippen LogP contribution in [0, 0.1) is 5.41 Å². The van der Waals surface area contributed by atoms with E-state index in [-0.39, 0.29) is 0 Å². The molecule has 19 heavy (non-hydrogen) atoms. The maximum atomic E-state index is 6.23. The summed E-state index contributed by atoms with van der Waals surface area (Å²) in [6, 6.07) is 4.16. The molecule has 1 heterocycles. The van der Waals surface area contributed by atoms with Gasteiger partial charge in [0, 0.05) is 18.0 Å². The maximum Gasteiger partial charge on any atom is 0.125 e. The monoisotopic (exact) mass is 279 g/mol. The number of ether oxygens (including phenoxy) is 1. The summed E-state index contributed by atoms with van der Waals surface area (Å²) in [7, 11) is 0. The average Bonchev–Trinajstić information content (AvgIpc) is 2.97. The zero-order valence-electron chi connectivity index (χ0n) is 11.6. The van der Waals surface area contributed by atoms with Crippen molar-refractivity contribution < 1.29 is 4.74 Å². The van der Waals surface area contributed by atoms with Gasteiger partial charge in [0.2, 0.25) is 0 Å². The minimum absolute atomic E-state index is 0.458. The van der Waals surface area contributed by atoms with Crippen molar-refractivity contribution in [1.82, 2.24) is 5.32 Å². The third kappa shape index (κ3) is 2.90. The van der Waals surface area contributed by atoms with Gasteiger partial charge >= 0.3 is 0 Å². The molecule has 2 aliphatic rings. The van der Waals surface area contributed by atoms with E-state index in [4.69, 9.17) is 16.3 Å². The molecule has 0 aromatic heterocycles. The predicted molar refractivity (Wildman–Crippen MR) is 79.2 cm³/mol. The molecule has 0 unspecified atom stereocenters. The van der Waals surface area contributed by atoms with Crippen molar-refractivity contribution in [2.24, 2.45) is 5.41 Å². The Morgan fingerprint density at radius 2 is 2.21 bits per heavy atom. The van der Waals surface area contributed by atoms with Crippen molar-refractivity contribution in [3.63, 3.8) is 0 Å². The Morgan fingerprint density at radius 3 is 2.95 bits per heavy atom. The highest BCUT2D eigenvalue weighted by atomic mass is 35.5. The Balaban J connectivity index is 1.73. The van der Waals surface area contributed by atoms with Crippen LogP contribution in [-0.2, 0) is 12.8 Å². The Morgan fingerprint density at radius 1 is 1.37 bits per heavy atom. The summed E-state index contributed by atoms with van der Waals surface area (Å²) in [5.41, 5.74) is 3.06. The first-order valence-electron chi connectivity index (χ1n) is 7.37. The smallest absolute Gasteiger partial charge is 0.125 e. The average molecular weight is 280 g/mol. The molecule has 1 aliphatic heterocycles. The van der Waals surface area contributed by atoms with Crippen molar-refractivity contribution in [2.45, 2.75) is 39.0 Å². The lowest BCUT2D eigenvalue weighted by Gasteiger charge is -2.18. The number of nitrogens with one attached hydrogen (secondary N) is 1. The number of hydrogen-bond acceptors (Lipinski definition) is 2. The van der Waals surface area contributed by atoms with Gasteiger partial charge < -0.3 is 10.1 Å². The standard InChI is InChI=1S/C16H22ClNO/c1-2-6-18-11-16(4-5-16)10-13-9-14(17)8-12-3-7-19-15(12)13/h8-9,18H,2-7,10-11H2,1H3. The molecule has 0 bridgehead atoms. The topological polar surface area (TPSA) is 21.3 Å². The Labute approximate surface area is 120 Å². The van der Waals surface area contributed by atoms with Crippen LogP contribution in [-0.4, -0.2) is 19.7 Å². The minimum atomic E-state index is 0.458. The Hall–Kier alpha value is -0.730. The number of fused-ring (bicyclic) bond motifs is 1. The van der Waals surface area contributed by atoms with Crippen LogP contribution in [0.1, 0.15) is 37.3 Å². The summed E-state index contributed by atoms with van der Waals surface area (Å²) in [5, 5.41) is 4.42. The van der Waals surface area contributed by atoms with E-state index in [1.165, 1.54) is 30.4 Å². The summed E-state index contributed by atoms with van der Waals surface area (Å²) in [6.07, 6.45) is 5.96. The molecule has 1 aromatic rings. The summed E-state index contributed by atoms with van der Waals surface area (Å²) in [6.45, 7) is 5.27. The highest BCUT2D eigenvalue weighted by Crippen LogP contribution is 2.50. The molecule has 1 fully saturated rings. The van der Waals surface area contributed by atoms with E-state index in [2.05, 4.69) is 24.4 Å². The summed E-state index contributed by atoms with van der Waals surface area (Å²) in [5.74, 6) is 1.12. The van der Waals surface area contributed by atoms with Crippen molar-refractivity contribution in [3.05, 3.63) is 28.3 Å². The molecule has 0 saturated heterocycles. The van der Waals surface area contributed by atoms with Gasteiger partial charge in [-0.05, 0) is 60.9 Å². The molecule has 0 amide bonds. The molecule has 1 aliphatic carbocycles. The van der Waals surface area contributed by atoms with Gasteiger partial charge in [0.15, 0.2) is 0 Å². The first-order valence-corrected chi connectivity index (χ1v) is 7.75. The molecular weight excluding hydrogens is 258 g/mol. The zero-order valence-corrected chi connectivity index (χ0v) is 12.4. The van der Waals surface area contributed by atoms with Crippen LogP contribution in [0.3, 0.4) is 0 Å². The molecule has 3 rings (SSSR count). The lowest BCUT2D eigenvalue weighted by atomic mass is 9.94. The van der Waals surface area contributed by atoms with E-state index in [9.17, 15) is 0 Å². The molecule has 3 heteroatoms. The van der Waals surface area contributed by atoms with Crippen LogP contribution in [0.2, 0.25) is 5.02 Å². The lowest BCUT2D eigenvalue weighted by molar-refractivity contribution is 0.348. The third-order valence-corrected chi connectivity index (χ3v) is 4.49. The molecule has 1 N–H and O–H groups in total. The lowest BCUT2D eigenvalue weighted by Crippen LogP contribution is -2.26. The van der Waals surface area contributed by atoms with Gasteiger partial charge in [0.05, 0.1) is 6.61 Å². The largest absolute Gasteiger partial charge is 0.493 e. The first-order chi connectivity index (χ1) is 9.22. The van der Waals surface area contributed by atoms with Gasteiger partial charge in [-0.15, -0.1) is 0 Å². The molecule has 1 saturated carbocycles. The van der Waals surface area contributed by atoms with Gasteiger partial charge in [-0.1, -0.05) is 18.5 Å². The van der Waals surface area contributed by atoms with Crippen molar-refractivity contribution in [2.75, 3.05) is 19.7 Å². The van der Waals surface area contributed by atoms with Crippen LogP contribution in [0.4, 0.5) is 0 Å². The number of hydrogen-bond donors (Lipinski definition) is 1. The molecule has 0 spiro atoms. The number of halogens is 1. The Bertz CT molecular complexity index is 468. The third-order valence-electron chi connectivity index (χ3n) is 4.27. The van der Waals surface area contributed by atoms with E-state index in [0.717, 1.165) is 43.3 Å². The SMILES string of the molecule is CCCNCC1(Cc2cc(Cl)cc3c2OCC3)CC1. The first kappa shape index (κ1) is 13.3. The second-order valence-electron chi connectivity index (χ2n) is 6.01. The summed E-state index contributed by atoms with van der Waals surface area (Å²) >= 11 is 6.23. The van der Waals surface area contributed by atoms with E-state index >= 15 is 0 Å². The van der Waals surface area contributed by atoms with Gasteiger partial charge in [0.1, 0.15) is 5.75 Å².